The minimum atomic E-state index is -3.68. The Morgan fingerprint density at radius 1 is 1.33 bits per heavy atom. The van der Waals surface area contributed by atoms with Gasteiger partial charge in [0.25, 0.3) is 0 Å². The van der Waals surface area contributed by atoms with Crippen LogP contribution in [0, 0.1) is 12.3 Å². The second-order valence-electron chi connectivity index (χ2n) is 5.59. The molecule has 0 saturated carbocycles. The number of sulfonamides is 1. The van der Waals surface area contributed by atoms with E-state index in [9.17, 15) is 13.2 Å². The zero-order valence-electron chi connectivity index (χ0n) is 12.9. The number of rotatable bonds is 6. The van der Waals surface area contributed by atoms with Gasteiger partial charge in [0.15, 0.2) is 0 Å². The Morgan fingerprint density at radius 3 is 2.48 bits per heavy atom. The number of aryl methyl sites for hydroxylation is 1. The summed E-state index contributed by atoms with van der Waals surface area (Å²) in [7, 11) is -2.16. The van der Waals surface area contributed by atoms with E-state index >= 15 is 0 Å². The molecule has 0 aliphatic carbocycles. The quantitative estimate of drug-likeness (QED) is 0.712. The fraction of sp³-hybridized carbons (Fsp3) is 0.500. The van der Waals surface area contributed by atoms with Gasteiger partial charge >= 0.3 is 0 Å². The Kier molecular flexibility index (Phi) is 5.49. The van der Waals surface area contributed by atoms with Gasteiger partial charge in [0, 0.05) is 20.1 Å². The molecule has 1 aromatic rings. The highest BCUT2D eigenvalue weighted by atomic mass is 32.2. The first-order valence-electron chi connectivity index (χ1n) is 6.65. The maximum absolute atomic E-state index is 12.4. The lowest BCUT2D eigenvalue weighted by atomic mass is 9.93. The molecule has 0 fully saturated rings. The van der Waals surface area contributed by atoms with E-state index in [0.29, 0.717) is 5.56 Å². The smallest absolute Gasteiger partial charge is 0.240 e. The number of carbonyl (C=O) groups excluding carboxylic acids is 1. The summed E-state index contributed by atoms with van der Waals surface area (Å²) in [5.41, 5.74) is 6.09. The number of hydrogen-bond acceptors (Lipinski definition) is 4. The van der Waals surface area contributed by atoms with Crippen molar-refractivity contribution in [3.63, 3.8) is 0 Å². The lowest BCUT2D eigenvalue weighted by Crippen LogP contribution is -2.43. The highest BCUT2D eigenvalue weighted by Crippen LogP contribution is 2.19. The molecule has 4 N–H and O–H groups in total. The number of benzene rings is 1. The number of carbonyl (C=O) groups is 1. The zero-order chi connectivity index (χ0) is 16.3. The van der Waals surface area contributed by atoms with E-state index < -0.39 is 15.4 Å². The Labute approximate surface area is 126 Å². The summed E-state index contributed by atoms with van der Waals surface area (Å²) in [6.07, 6.45) is 0. The van der Waals surface area contributed by atoms with Gasteiger partial charge in [-0.3, -0.25) is 4.79 Å². The van der Waals surface area contributed by atoms with E-state index in [4.69, 9.17) is 5.73 Å². The first-order chi connectivity index (χ1) is 9.64. The fourth-order valence-corrected chi connectivity index (χ4v) is 3.34. The van der Waals surface area contributed by atoms with Crippen molar-refractivity contribution in [1.29, 1.82) is 0 Å². The molecule has 6 nitrogen and oxygen atoms in total. The van der Waals surface area contributed by atoms with Gasteiger partial charge in [-0.25, -0.2) is 13.1 Å². The van der Waals surface area contributed by atoms with Crippen LogP contribution in [0.2, 0.25) is 0 Å². The van der Waals surface area contributed by atoms with E-state index in [2.05, 4.69) is 10.0 Å². The Hall–Kier alpha value is -1.44. The number of amides is 1. The Morgan fingerprint density at radius 2 is 1.95 bits per heavy atom. The van der Waals surface area contributed by atoms with Crippen molar-refractivity contribution in [2.75, 3.05) is 13.6 Å². The first-order valence-corrected chi connectivity index (χ1v) is 8.14. The van der Waals surface area contributed by atoms with Crippen molar-refractivity contribution in [3.8, 4) is 0 Å². The van der Waals surface area contributed by atoms with E-state index in [1.54, 1.807) is 39.0 Å². The summed E-state index contributed by atoms with van der Waals surface area (Å²) < 4.78 is 27.3. The van der Waals surface area contributed by atoms with E-state index in [0.717, 1.165) is 5.56 Å². The minimum absolute atomic E-state index is 0.0152. The lowest BCUT2D eigenvalue weighted by molar-refractivity contribution is -0.128. The summed E-state index contributed by atoms with van der Waals surface area (Å²) in [6, 6.07) is 5.08. The molecule has 0 aromatic heterocycles. The molecule has 0 heterocycles. The van der Waals surface area contributed by atoms with Crippen molar-refractivity contribution >= 4 is 15.9 Å². The van der Waals surface area contributed by atoms with Crippen molar-refractivity contribution in [2.24, 2.45) is 11.1 Å². The molecule has 1 rings (SSSR count). The van der Waals surface area contributed by atoms with Gasteiger partial charge in [-0.05, 0) is 38.0 Å². The van der Waals surface area contributed by atoms with Gasteiger partial charge < -0.3 is 11.1 Å². The predicted octanol–water partition coefficient (Wildman–Crippen LogP) is 0.504. The Bertz CT molecular complexity index is 624. The molecule has 1 aromatic carbocycles. The molecule has 21 heavy (non-hydrogen) atoms. The van der Waals surface area contributed by atoms with Crippen LogP contribution >= 0.6 is 0 Å². The number of hydrogen-bond donors (Lipinski definition) is 3. The molecule has 0 unspecified atom stereocenters. The normalized spacial score (nSPS) is 12.2. The average Bonchev–Trinajstić information content (AvgIpc) is 2.44. The minimum Gasteiger partial charge on any atom is -0.359 e. The Balaban J connectivity index is 3.00. The van der Waals surface area contributed by atoms with E-state index in [-0.39, 0.29) is 23.9 Å². The van der Waals surface area contributed by atoms with Crippen LogP contribution < -0.4 is 15.8 Å². The van der Waals surface area contributed by atoms with Crippen LogP contribution in [0.4, 0.5) is 0 Å². The first kappa shape index (κ1) is 17.6. The summed E-state index contributed by atoms with van der Waals surface area (Å²) in [5.74, 6) is -0.224. The fourth-order valence-electron chi connectivity index (χ4n) is 1.83. The second-order valence-corrected chi connectivity index (χ2v) is 7.33. The topological polar surface area (TPSA) is 101 Å². The van der Waals surface area contributed by atoms with Gasteiger partial charge in [-0.15, -0.1) is 0 Å². The zero-order valence-corrected chi connectivity index (χ0v) is 13.7. The second kappa shape index (κ2) is 6.55. The van der Waals surface area contributed by atoms with Crippen LogP contribution in [-0.4, -0.2) is 27.9 Å². The number of nitrogens with two attached hydrogens (primary N) is 1. The third kappa shape index (κ3) is 4.26. The van der Waals surface area contributed by atoms with Crippen LogP contribution in [0.3, 0.4) is 0 Å². The van der Waals surface area contributed by atoms with Gasteiger partial charge in [0.2, 0.25) is 15.9 Å². The van der Waals surface area contributed by atoms with Gasteiger partial charge in [-0.1, -0.05) is 12.1 Å². The van der Waals surface area contributed by atoms with Crippen LogP contribution in [0.15, 0.2) is 23.1 Å². The molecule has 0 bridgehead atoms. The molecular weight excluding hydrogens is 290 g/mol. The van der Waals surface area contributed by atoms with E-state index in [1.165, 1.54) is 7.05 Å². The van der Waals surface area contributed by atoms with Crippen molar-refractivity contribution < 1.29 is 13.2 Å². The predicted molar refractivity (Wildman–Crippen MR) is 82.1 cm³/mol. The van der Waals surface area contributed by atoms with Crippen molar-refractivity contribution in [3.05, 3.63) is 29.3 Å². The summed E-state index contributed by atoms with van der Waals surface area (Å²) in [5, 5.41) is 2.52. The highest BCUT2D eigenvalue weighted by molar-refractivity contribution is 7.89. The maximum Gasteiger partial charge on any atom is 0.240 e. The largest absolute Gasteiger partial charge is 0.359 e. The monoisotopic (exact) mass is 313 g/mol. The molecular formula is C14H23N3O3S. The summed E-state index contributed by atoms with van der Waals surface area (Å²) >= 11 is 0. The third-order valence-corrected chi connectivity index (χ3v) is 4.87. The van der Waals surface area contributed by atoms with Gasteiger partial charge in [0.1, 0.15) is 0 Å². The molecule has 1 amide bonds. The highest BCUT2D eigenvalue weighted by Gasteiger charge is 2.29. The SMILES string of the molecule is CNC(=O)C(C)(C)CNS(=O)(=O)c1cc(CN)ccc1C. The maximum atomic E-state index is 12.4. The molecule has 118 valence electrons. The molecule has 0 saturated heterocycles. The van der Waals surface area contributed by atoms with Crippen LogP contribution in [0.1, 0.15) is 25.0 Å². The molecule has 0 spiro atoms. The van der Waals surface area contributed by atoms with Gasteiger partial charge in [0.05, 0.1) is 10.3 Å². The average molecular weight is 313 g/mol. The summed E-state index contributed by atoms with van der Waals surface area (Å²) in [6.45, 7) is 5.36. The molecule has 0 aliphatic heterocycles. The van der Waals surface area contributed by atoms with Crippen molar-refractivity contribution in [2.45, 2.75) is 32.2 Å². The molecule has 0 aliphatic rings. The third-order valence-electron chi connectivity index (χ3n) is 3.32. The van der Waals surface area contributed by atoms with Gasteiger partial charge in [-0.2, -0.15) is 0 Å². The van der Waals surface area contributed by atoms with Crippen LogP contribution in [-0.2, 0) is 21.4 Å². The molecule has 0 radical (unpaired) electrons. The summed E-state index contributed by atoms with van der Waals surface area (Å²) in [4.78, 5) is 11.9. The molecule has 0 atom stereocenters. The standard InChI is InChI=1S/C14H23N3O3S/c1-10-5-6-11(8-15)7-12(10)21(19,20)17-9-14(2,3)13(18)16-4/h5-7,17H,8-9,15H2,1-4H3,(H,16,18). The lowest BCUT2D eigenvalue weighted by Gasteiger charge is -2.23. The van der Waals surface area contributed by atoms with Crippen LogP contribution in [0.25, 0.3) is 0 Å². The molecule has 7 heteroatoms. The van der Waals surface area contributed by atoms with Crippen LogP contribution in [0.5, 0.6) is 0 Å². The van der Waals surface area contributed by atoms with Crippen molar-refractivity contribution in [1.82, 2.24) is 10.0 Å². The van der Waals surface area contributed by atoms with E-state index in [1.807, 2.05) is 0 Å². The number of nitrogens with one attached hydrogen (secondary N) is 2.